The molecule has 0 nitrogen and oxygen atoms in total. The van der Waals surface area contributed by atoms with Crippen LogP contribution in [0.3, 0.4) is 0 Å². The van der Waals surface area contributed by atoms with Crippen LogP contribution in [-0.2, 0) is 6.42 Å². The summed E-state index contributed by atoms with van der Waals surface area (Å²) in [5.41, 5.74) is 2.98. The molecular weight excluding hydrogens is 156 g/mol. The lowest BCUT2D eigenvalue weighted by atomic mass is 9.96. The predicted octanol–water partition coefficient (Wildman–Crippen LogP) is 4.64. The van der Waals surface area contributed by atoms with E-state index < -0.39 is 0 Å². The minimum absolute atomic E-state index is 0. The van der Waals surface area contributed by atoms with Gasteiger partial charge in [0.1, 0.15) is 0 Å². The summed E-state index contributed by atoms with van der Waals surface area (Å²) in [5, 5.41) is 0. The van der Waals surface area contributed by atoms with Gasteiger partial charge in [0, 0.05) is 0 Å². The van der Waals surface area contributed by atoms with Crippen LogP contribution in [0.4, 0.5) is 0 Å². The molecule has 0 aliphatic carbocycles. The molecule has 0 heterocycles. The Bertz CT molecular complexity index is 223. The van der Waals surface area contributed by atoms with Crippen molar-refractivity contribution in [2.75, 3.05) is 0 Å². The van der Waals surface area contributed by atoms with Crippen LogP contribution in [-0.4, -0.2) is 0 Å². The van der Waals surface area contributed by atoms with E-state index >= 15 is 0 Å². The molecule has 1 aromatic rings. The van der Waals surface area contributed by atoms with E-state index in [1.54, 1.807) is 0 Å². The summed E-state index contributed by atoms with van der Waals surface area (Å²) in [7, 11) is 0. The Morgan fingerprint density at radius 1 is 1.08 bits per heavy atom. The monoisotopic (exact) mass is 180 g/mol. The first-order valence-corrected chi connectivity index (χ1v) is 4.33. The molecule has 0 aromatic heterocycles. The third kappa shape index (κ3) is 3.63. The fraction of sp³-hybridized carbons (Fsp3) is 0.538. The van der Waals surface area contributed by atoms with Crippen LogP contribution in [0.25, 0.3) is 0 Å². The van der Waals surface area contributed by atoms with Gasteiger partial charge in [0.15, 0.2) is 0 Å². The summed E-state index contributed by atoms with van der Waals surface area (Å²) in [6, 6.07) is 8.68. The molecule has 0 radical (unpaired) electrons. The molecule has 0 aliphatic heterocycles. The maximum atomic E-state index is 2.24. The average Bonchev–Trinajstić information content (AvgIpc) is 2.04. The van der Waals surface area contributed by atoms with Gasteiger partial charge in [-0.05, 0) is 23.5 Å². The Morgan fingerprint density at radius 3 is 2.00 bits per heavy atom. The molecule has 1 rings (SSSR count). The minimum atomic E-state index is 0. The molecule has 0 fully saturated rings. The highest BCUT2D eigenvalue weighted by Crippen LogP contribution is 2.18. The molecule has 0 atom stereocenters. The van der Waals surface area contributed by atoms with Crippen molar-refractivity contribution in [3.8, 4) is 0 Å². The quantitative estimate of drug-likeness (QED) is 0.621. The third-order valence-electron chi connectivity index (χ3n) is 2.06. The summed E-state index contributed by atoms with van der Waals surface area (Å²) in [6.07, 6.45) is 1.15. The smallest absolute Gasteiger partial charge is 0.0216 e. The Kier molecular flexibility index (Phi) is 7.60. The van der Waals surface area contributed by atoms with E-state index in [9.17, 15) is 0 Å². The Labute approximate surface area is 84.0 Å². The minimum Gasteiger partial charge on any atom is -0.0776 e. The van der Waals surface area contributed by atoms with Crippen molar-refractivity contribution in [2.24, 2.45) is 0 Å². The van der Waals surface area contributed by atoms with E-state index in [0.717, 1.165) is 6.42 Å². The van der Waals surface area contributed by atoms with E-state index in [4.69, 9.17) is 0 Å². The molecule has 0 spiro atoms. The first-order chi connectivity index (χ1) is 5.25. The molecule has 0 unspecified atom stereocenters. The summed E-state index contributed by atoms with van der Waals surface area (Å²) in [6.45, 7) is 6.70. The van der Waals surface area contributed by atoms with E-state index in [-0.39, 0.29) is 14.9 Å². The predicted molar refractivity (Wildman–Crippen MR) is 63.4 cm³/mol. The fourth-order valence-corrected chi connectivity index (χ4v) is 1.42. The van der Waals surface area contributed by atoms with Crippen molar-refractivity contribution in [3.63, 3.8) is 0 Å². The third-order valence-corrected chi connectivity index (χ3v) is 2.06. The van der Waals surface area contributed by atoms with Gasteiger partial charge in [-0.15, -0.1) is 0 Å². The Balaban J connectivity index is 0. The zero-order valence-electron chi connectivity index (χ0n) is 7.59. The Morgan fingerprint density at radius 2 is 1.62 bits per heavy atom. The zero-order valence-corrected chi connectivity index (χ0v) is 7.59. The second kappa shape index (κ2) is 6.71. The number of rotatable bonds is 2. The lowest BCUT2D eigenvalue weighted by Gasteiger charge is -2.09. The first-order valence-electron chi connectivity index (χ1n) is 4.33. The Hall–Kier alpha value is -0.780. The van der Waals surface area contributed by atoms with Crippen molar-refractivity contribution in [1.82, 2.24) is 0 Å². The van der Waals surface area contributed by atoms with Crippen LogP contribution in [0.1, 0.15) is 52.7 Å². The molecule has 0 bridgehead atoms. The van der Waals surface area contributed by atoms with Gasteiger partial charge in [-0.1, -0.05) is 59.9 Å². The van der Waals surface area contributed by atoms with Crippen molar-refractivity contribution < 1.29 is 0 Å². The summed E-state index contributed by atoms with van der Waals surface area (Å²) < 4.78 is 0. The van der Waals surface area contributed by atoms with E-state index in [0.29, 0.717) is 5.92 Å². The zero-order chi connectivity index (χ0) is 8.27. The SMILES string of the molecule is C.C.CCc1ccccc1C(C)C. The molecule has 0 amide bonds. The average molecular weight is 180 g/mol. The molecule has 0 aliphatic rings. The lowest BCUT2D eigenvalue weighted by molar-refractivity contribution is 0.844. The largest absolute Gasteiger partial charge is 0.0776 e. The molecule has 0 N–H and O–H groups in total. The van der Waals surface area contributed by atoms with Gasteiger partial charge in [0.05, 0.1) is 0 Å². The molecule has 0 heteroatoms. The van der Waals surface area contributed by atoms with Gasteiger partial charge in [-0.2, -0.15) is 0 Å². The van der Waals surface area contributed by atoms with Crippen molar-refractivity contribution >= 4 is 0 Å². The maximum Gasteiger partial charge on any atom is -0.0216 e. The van der Waals surface area contributed by atoms with E-state index in [2.05, 4.69) is 45.0 Å². The first kappa shape index (κ1) is 14.7. The molecule has 0 saturated heterocycles. The lowest BCUT2D eigenvalue weighted by Crippen LogP contribution is -1.93. The molecular formula is C13H24. The van der Waals surface area contributed by atoms with Gasteiger partial charge in [-0.3, -0.25) is 0 Å². The number of hydrogen-bond donors (Lipinski definition) is 0. The molecule has 1 aromatic carbocycles. The highest BCUT2D eigenvalue weighted by molar-refractivity contribution is 5.29. The maximum absolute atomic E-state index is 2.24. The highest BCUT2D eigenvalue weighted by atomic mass is 14.1. The van der Waals surface area contributed by atoms with Crippen LogP contribution in [0.2, 0.25) is 0 Å². The van der Waals surface area contributed by atoms with Crippen LogP contribution >= 0.6 is 0 Å². The van der Waals surface area contributed by atoms with Gasteiger partial charge >= 0.3 is 0 Å². The summed E-state index contributed by atoms with van der Waals surface area (Å²) in [4.78, 5) is 0. The summed E-state index contributed by atoms with van der Waals surface area (Å²) >= 11 is 0. The topological polar surface area (TPSA) is 0 Å². The van der Waals surface area contributed by atoms with Gasteiger partial charge in [0.25, 0.3) is 0 Å². The summed E-state index contributed by atoms with van der Waals surface area (Å²) in [5.74, 6) is 0.658. The van der Waals surface area contributed by atoms with Crippen molar-refractivity contribution in [1.29, 1.82) is 0 Å². The molecule has 0 saturated carbocycles. The van der Waals surface area contributed by atoms with Crippen LogP contribution < -0.4 is 0 Å². The van der Waals surface area contributed by atoms with Gasteiger partial charge in [0.2, 0.25) is 0 Å². The normalized spacial score (nSPS) is 8.92. The van der Waals surface area contributed by atoms with Crippen LogP contribution in [0, 0.1) is 0 Å². The fourth-order valence-electron chi connectivity index (χ4n) is 1.42. The second-order valence-corrected chi connectivity index (χ2v) is 3.21. The second-order valence-electron chi connectivity index (χ2n) is 3.21. The van der Waals surface area contributed by atoms with Crippen LogP contribution in [0.5, 0.6) is 0 Å². The molecule has 76 valence electrons. The number of aryl methyl sites for hydroxylation is 1. The highest BCUT2D eigenvalue weighted by Gasteiger charge is 2.02. The van der Waals surface area contributed by atoms with Gasteiger partial charge in [-0.25, -0.2) is 0 Å². The van der Waals surface area contributed by atoms with E-state index in [1.165, 1.54) is 11.1 Å². The molecule has 13 heavy (non-hydrogen) atoms. The van der Waals surface area contributed by atoms with Crippen molar-refractivity contribution in [2.45, 2.75) is 48.0 Å². The van der Waals surface area contributed by atoms with E-state index in [1.807, 2.05) is 0 Å². The standard InChI is InChI=1S/C11H16.2CH4/c1-4-10-7-5-6-8-11(10)9(2)3;;/h5-9H,4H2,1-3H3;2*1H4. The van der Waals surface area contributed by atoms with Crippen molar-refractivity contribution in [3.05, 3.63) is 35.4 Å². The van der Waals surface area contributed by atoms with Crippen LogP contribution in [0.15, 0.2) is 24.3 Å². The number of hydrogen-bond acceptors (Lipinski definition) is 0. The number of benzene rings is 1. The van der Waals surface area contributed by atoms with Gasteiger partial charge < -0.3 is 0 Å².